The second kappa shape index (κ2) is 7.85. The van der Waals surface area contributed by atoms with Gasteiger partial charge in [0.25, 0.3) is 5.91 Å². The molecule has 0 aliphatic carbocycles. The van der Waals surface area contributed by atoms with Crippen LogP contribution in [0.25, 0.3) is 22.0 Å². The SMILES string of the molecule is CN=c1scc(-c2ccc3c(c2)NC(=O)CO3)n1N=C(C)c1ccc2ccccc2c1. The highest BCUT2D eigenvalue weighted by Crippen LogP contribution is 2.33. The van der Waals surface area contributed by atoms with E-state index in [0.717, 1.165) is 27.3 Å². The number of amides is 1. The van der Waals surface area contributed by atoms with Gasteiger partial charge in [-0.15, -0.1) is 11.3 Å². The lowest BCUT2D eigenvalue weighted by atomic mass is 10.0. The maximum Gasteiger partial charge on any atom is 0.262 e. The van der Waals surface area contributed by atoms with Gasteiger partial charge in [0.1, 0.15) is 5.75 Å². The molecule has 6 nitrogen and oxygen atoms in total. The fourth-order valence-electron chi connectivity index (χ4n) is 3.61. The van der Waals surface area contributed by atoms with Crippen molar-refractivity contribution in [2.24, 2.45) is 10.1 Å². The molecule has 31 heavy (non-hydrogen) atoms. The van der Waals surface area contributed by atoms with Crippen LogP contribution in [-0.4, -0.2) is 29.9 Å². The molecule has 0 saturated heterocycles. The van der Waals surface area contributed by atoms with Crippen molar-refractivity contribution >= 4 is 39.4 Å². The van der Waals surface area contributed by atoms with Gasteiger partial charge in [0.05, 0.1) is 17.1 Å². The number of thiazole rings is 1. The summed E-state index contributed by atoms with van der Waals surface area (Å²) in [6.45, 7) is 2.04. The Hall–Kier alpha value is -3.71. The Bertz CT molecular complexity index is 1410. The summed E-state index contributed by atoms with van der Waals surface area (Å²) in [6.07, 6.45) is 0. The molecule has 0 spiro atoms. The first-order valence-corrected chi connectivity index (χ1v) is 10.8. The number of nitrogens with one attached hydrogen (secondary N) is 1. The number of hydrogen-bond acceptors (Lipinski definition) is 5. The lowest BCUT2D eigenvalue weighted by Crippen LogP contribution is -2.25. The molecule has 0 atom stereocenters. The topological polar surface area (TPSA) is 68.0 Å². The van der Waals surface area contributed by atoms with Crippen molar-refractivity contribution in [2.75, 3.05) is 19.0 Å². The Balaban J connectivity index is 1.59. The highest BCUT2D eigenvalue weighted by atomic mass is 32.1. The van der Waals surface area contributed by atoms with Crippen molar-refractivity contribution in [2.45, 2.75) is 6.92 Å². The predicted molar refractivity (Wildman–Crippen MR) is 125 cm³/mol. The summed E-state index contributed by atoms with van der Waals surface area (Å²) < 4.78 is 7.33. The van der Waals surface area contributed by atoms with Gasteiger partial charge in [-0.3, -0.25) is 9.79 Å². The van der Waals surface area contributed by atoms with E-state index in [4.69, 9.17) is 9.84 Å². The summed E-state index contributed by atoms with van der Waals surface area (Å²) in [5, 5.41) is 12.2. The monoisotopic (exact) mass is 428 g/mol. The van der Waals surface area contributed by atoms with Crippen LogP contribution in [-0.2, 0) is 4.79 Å². The van der Waals surface area contributed by atoms with E-state index >= 15 is 0 Å². The second-order valence-corrected chi connectivity index (χ2v) is 8.07. The number of ether oxygens (including phenoxy) is 1. The first kappa shape index (κ1) is 19.3. The van der Waals surface area contributed by atoms with Crippen LogP contribution >= 0.6 is 11.3 Å². The molecule has 0 saturated carbocycles. The van der Waals surface area contributed by atoms with Gasteiger partial charge in [-0.2, -0.15) is 5.10 Å². The normalized spacial score (nSPS) is 14.3. The van der Waals surface area contributed by atoms with Crippen molar-refractivity contribution in [3.63, 3.8) is 0 Å². The van der Waals surface area contributed by atoms with E-state index in [2.05, 4.69) is 40.6 Å². The van der Waals surface area contributed by atoms with Gasteiger partial charge in [-0.1, -0.05) is 36.4 Å². The zero-order valence-electron chi connectivity index (χ0n) is 17.1. The molecule has 4 aromatic rings. The van der Waals surface area contributed by atoms with E-state index in [1.165, 1.54) is 22.1 Å². The summed E-state index contributed by atoms with van der Waals surface area (Å²) in [4.78, 5) is 16.9. The van der Waals surface area contributed by atoms with Crippen LogP contribution in [0.3, 0.4) is 0 Å². The number of nitrogens with zero attached hydrogens (tertiary/aromatic N) is 3. The maximum atomic E-state index is 11.7. The quantitative estimate of drug-likeness (QED) is 0.488. The zero-order chi connectivity index (χ0) is 21.4. The van der Waals surface area contributed by atoms with Gasteiger partial charge >= 0.3 is 0 Å². The molecule has 3 aromatic carbocycles. The van der Waals surface area contributed by atoms with E-state index < -0.39 is 0 Å². The summed E-state index contributed by atoms with van der Waals surface area (Å²) in [7, 11) is 1.76. The molecule has 1 amide bonds. The van der Waals surface area contributed by atoms with E-state index in [1.54, 1.807) is 7.05 Å². The van der Waals surface area contributed by atoms with Crippen LogP contribution in [0.2, 0.25) is 0 Å². The van der Waals surface area contributed by atoms with Crippen LogP contribution < -0.4 is 14.9 Å². The van der Waals surface area contributed by atoms with Crippen LogP contribution in [0.4, 0.5) is 5.69 Å². The molecule has 1 aromatic heterocycles. The van der Waals surface area contributed by atoms with Gasteiger partial charge in [-0.25, -0.2) is 4.68 Å². The van der Waals surface area contributed by atoms with Gasteiger partial charge in [-0.05, 0) is 47.5 Å². The van der Waals surface area contributed by atoms with Crippen molar-refractivity contribution in [1.82, 2.24) is 4.68 Å². The summed E-state index contributed by atoms with van der Waals surface area (Å²) in [5.41, 5.74) is 4.42. The third kappa shape index (κ3) is 3.64. The molecule has 7 heteroatoms. The fourth-order valence-corrected chi connectivity index (χ4v) is 4.41. The molecule has 1 aliphatic rings. The second-order valence-electron chi connectivity index (χ2n) is 7.23. The highest BCUT2D eigenvalue weighted by molar-refractivity contribution is 7.07. The third-order valence-corrected chi connectivity index (χ3v) is 6.11. The molecule has 1 aliphatic heterocycles. The first-order valence-electron chi connectivity index (χ1n) is 9.87. The standard InChI is InChI=1S/C24H20N4O2S/c1-15(17-8-7-16-5-3-4-6-18(16)11-17)27-28-21(14-31-24(28)25-2)19-9-10-22-20(12-19)26-23(29)13-30-22/h3-12,14H,13H2,1-2H3,(H,26,29). The van der Waals surface area contributed by atoms with Crippen LogP contribution in [0.1, 0.15) is 12.5 Å². The van der Waals surface area contributed by atoms with Crippen molar-refractivity contribution in [3.8, 4) is 17.0 Å². The van der Waals surface area contributed by atoms with Crippen LogP contribution in [0, 0.1) is 0 Å². The van der Waals surface area contributed by atoms with Gasteiger partial charge in [0.2, 0.25) is 4.80 Å². The Morgan fingerprint density at radius 2 is 1.94 bits per heavy atom. The molecule has 0 bridgehead atoms. The molecular formula is C24H20N4O2S. The number of anilines is 1. The minimum Gasteiger partial charge on any atom is -0.482 e. The fraction of sp³-hybridized carbons (Fsp3) is 0.125. The number of hydrogen-bond donors (Lipinski definition) is 1. The Kier molecular flexibility index (Phi) is 4.88. The first-order chi connectivity index (χ1) is 15.1. The maximum absolute atomic E-state index is 11.7. The molecule has 154 valence electrons. The lowest BCUT2D eigenvalue weighted by molar-refractivity contribution is -0.118. The average Bonchev–Trinajstić information content (AvgIpc) is 3.20. The number of aromatic nitrogens is 1. The number of benzene rings is 3. The Morgan fingerprint density at radius 3 is 2.77 bits per heavy atom. The number of fused-ring (bicyclic) bond motifs is 2. The van der Waals surface area contributed by atoms with E-state index in [0.29, 0.717) is 11.4 Å². The highest BCUT2D eigenvalue weighted by Gasteiger charge is 2.18. The molecule has 0 fully saturated rings. The van der Waals surface area contributed by atoms with Gasteiger partial charge in [0, 0.05) is 18.0 Å². The number of carbonyl (C=O) groups excluding carboxylic acids is 1. The molecule has 0 unspecified atom stereocenters. The summed E-state index contributed by atoms with van der Waals surface area (Å²) in [5.74, 6) is 0.513. The van der Waals surface area contributed by atoms with Crippen LogP contribution in [0.5, 0.6) is 5.75 Å². The Morgan fingerprint density at radius 1 is 1.10 bits per heavy atom. The predicted octanol–water partition coefficient (Wildman–Crippen LogP) is 4.50. The number of rotatable bonds is 3. The van der Waals surface area contributed by atoms with Gasteiger partial charge in [0.15, 0.2) is 6.61 Å². The minimum absolute atomic E-state index is 0.0406. The number of carbonyl (C=O) groups is 1. The van der Waals surface area contributed by atoms with Crippen molar-refractivity contribution in [3.05, 3.63) is 76.4 Å². The van der Waals surface area contributed by atoms with E-state index in [9.17, 15) is 4.79 Å². The zero-order valence-corrected chi connectivity index (χ0v) is 17.9. The van der Waals surface area contributed by atoms with Crippen molar-refractivity contribution < 1.29 is 9.53 Å². The molecule has 5 rings (SSSR count). The smallest absolute Gasteiger partial charge is 0.262 e. The minimum atomic E-state index is -0.155. The molecule has 1 N–H and O–H groups in total. The molecular weight excluding hydrogens is 408 g/mol. The van der Waals surface area contributed by atoms with Crippen molar-refractivity contribution in [1.29, 1.82) is 0 Å². The van der Waals surface area contributed by atoms with Gasteiger partial charge < -0.3 is 10.1 Å². The molecule has 2 heterocycles. The van der Waals surface area contributed by atoms with E-state index in [1.807, 2.05) is 47.3 Å². The van der Waals surface area contributed by atoms with E-state index in [-0.39, 0.29) is 12.5 Å². The third-order valence-electron chi connectivity index (χ3n) is 5.20. The lowest BCUT2D eigenvalue weighted by Gasteiger charge is -2.18. The average molecular weight is 429 g/mol. The Labute approximate surface area is 183 Å². The summed E-state index contributed by atoms with van der Waals surface area (Å²) in [6, 6.07) is 20.4. The largest absolute Gasteiger partial charge is 0.482 e. The summed E-state index contributed by atoms with van der Waals surface area (Å²) >= 11 is 1.52. The molecule has 0 radical (unpaired) electrons. The van der Waals surface area contributed by atoms with Crippen LogP contribution in [0.15, 0.2) is 76.1 Å².